The van der Waals surface area contributed by atoms with Crippen LogP contribution in [0.3, 0.4) is 0 Å². The third-order valence-electron chi connectivity index (χ3n) is 4.96. The molecule has 2 aromatic heterocycles. The van der Waals surface area contributed by atoms with E-state index in [1.807, 2.05) is 52.0 Å². The molecule has 0 aliphatic carbocycles. The number of nitrogens with zero attached hydrogens (tertiary/aromatic N) is 2. The number of pyridine rings is 2. The molecule has 0 saturated heterocycles. The van der Waals surface area contributed by atoms with E-state index >= 15 is 0 Å². The molecule has 0 radical (unpaired) electrons. The minimum atomic E-state index is -1.04. The maximum absolute atomic E-state index is 10.8. The Labute approximate surface area is 169 Å². The van der Waals surface area contributed by atoms with Crippen molar-refractivity contribution >= 4 is 5.97 Å². The average molecular weight is 392 g/mol. The van der Waals surface area contributed by atoms with Crippen molar-refractivity contribution in [2.24, 2.45) is 0 Å². The number of hydrogen-bond donors (Lipinski definition) is 2. The first-order valence-electron chi connectivity index (χ1n) is 9.33. The second kappa shape index (κ2) is 8.31. The van der Waals surface area contributed by atoms with Crippen molar-refractivity contribution in [3.8, 4) is 22.9 Å². The molecule has 0 spiro atoms. The van der Waals surface area contributed by atoms with Gasteiger partial charge < -0.3 is 14.9 Å². The highest BCUT2D eigenvalue weighted by atomic mass is 16.5. The maximum atomic E-state index is 10.8. The second-order valence-corrected chi connectivity index (χ2v) is 7.13. The van der Waals surface area contributed by atoms with Gasteiger partial charge in [0, 0.05) is 28.9 Å². The molecule has 6 heteroatoms. The molecule has 0 saturated carbocycles. The molecule has 0 aliphatic rings. The minimum absolute atomic E-state index is 0.138. The summed E-state index contributed by atoms with van der Waals surface area (Å²) in [5.74, 6) is -0.563. The van der Waals surface area contributed by atoms with E-state index in [1.54, 1.807) is 12.1 Å². The zero-order valence-corrected chi connectivity index (χ0v) is 17.0. The number of aryl methyl sites for hydroxylation is 2. The molecule has 3 rings (SSSR count). The van der Waals surface area contributed by atoms with E-state index in [1.165, 1.54) is 0 Å². The molecule has 0 atom stereocenters. The van der Waals surface area contributed by atoms with E-state index in [0.29, 0.717) is 18.0 Å². The summed E-state index contributed by atoms with van der Waals surface area (Å²) >= 11 is 0. The van der Waals surface area contributed by atoms with Crippen molar-refractivity contribution in [1.29, 1.82) is 0 Å². The maximum Gasteiger partial charge on any atom is 0.341 e. The number of carboxylic acid groups (broad SMARTS) is 1. The Bertz CT molecular complexity index is 1080. The first-order valence-corrected chi connectivity index (χ1v) is 9.33. The minimum Gasteiger partial charge on any atom is -0.506 e. The summed E-state index contributed by atoms with van der Waals surface area (Å²) < 4.78 is 5.31. The molecule has 0 aliphatic heterocycles. The Morgan fingerprint density at radius 3 is 2.48 bits per heavy atom. The second-order valence-electron chi connectivity index (χ2n) is 7.13. The van der Waals surface area contributed by atoms with Crippen LogP contribution in [0.25, 0.3) is 11.3 Å². The monoisotopic (exact) mass is 392 g/mol. The zero-order valence-electron chi connectivity index (χ0n) is 17.0. The molecule has 150 valence electrons. The highest BCUT2D eigenvalue weighted by molar-refractivity contribution is 5.68. The van der Waals surface area contributed by atoms with Gasteiger partial charge in [0.15, 0.2) is 6.61 Å². The number of carboxylic acids is 1. The number of carbonyl (C=O) groups is 1. The van der Waals surface area contributed by atoms with Crippen LogP contribution >= 0.6 is 0 Å². The largest absolute Gasteiger partial charge is 0.506 e. The molecule has 6 nitrogen and oxygen atoms in total. The fraction of sp³-hybridized carbons (Fsp3) is 0.261. The molecule has 3 aromatic rings. The summed E-state index contributed by atoms with van der Waals surface area (Å²) in [6.45, 7) is 7.28. The lowest BCUT2D eigenvalue weighted by Crippen LogP contribution is -2.13. The van der Waals surface area contributed by atoms with Gasteiger partial charge in [-0.2, -0.15) is 0 Å². The first kappa shape index (κ1) is 20.3. The predicted octanol–water partition coefficient (Wildman–Crippen LogP) is 4.14. The normalized spacial score (nSPS) is 10.8. The summed E-state index contributed by atoms with van der Waals surface area (Å²) in [5.41, 5.74) is 6.90. The van der Waals surface area contributed by atoms with Crippen LogP contribution in [0.4, 0.5) is 0 Å². The summed E-state index contributed by atoms with van der Waals surface area (Å²) in [7, 11) is 0. The van der Waals surface area contributed by atoms with E-state index in [4.69, 9.17) is 9.84 Å². The Morgan fingerprint density at radius 1 is 1.03 bits per heavy atom. The molecule has 0 bridgehead atoms. The first-order chi connectivity index (χ1) is 13.8. The van der Waals surface area contributed by atoms with Gasteiger partial charge in [0.1, 0.15) is 11.4 Å². The number of aromatic hydroxyl groups is 1. The number of hydrogen-bond acceptors (Lipinski definition) is 5. The van der Waals surface area contributed by atoms with Gasteiger partial charge in [-0.05, 0) is 57.0 Å². The van der Waals surface area contributed by atoms with E-state index in [9.17, 15) is 9.90 Å². The van der Waals surface area contributed by atoms with E-state index in [0.717, 1.165) is 39.2 Å². The van der Waals surface area contributed by atoms with Crippen LogP contribution in [0.2, 0.25) is 0 Å². The topological polar surface area (TPSA) is 92.5 Å². The van der Waals surface area contributed by atoms with Gasteiger partial charge in [-0.15, -0.1) is 0 Å². The van der Waals surface area contributed by atoms with Gasteiger partial charge in [0.25, 0.3) is 0 Å². The standard InChI is InChI=1S/C23H24N2O4/c1-13-6-5-7-17(10-13)22-20(26)9-8-18(25-22)11-19-14(2)15(3)23(24-16(19)4)29-12-21(27)28/h5-10,26H,11-12H2,1-4H3,(H,27,28). The Kier molecular flexibility index (Phi) is 5.82. The zero-order chi connectivity index (χ0) is 21.1. The lowest BCUT2D eigenvalue weighted by atomic mass is 9.98. The van der Waals surface area contributed by atoms with Crippen LogP contribution in [-0.4, -0.2) is 32.8 Å². The fourth-order valence-corrected chi connectivity index (χ4v) is 3.27. The van der Waals surface area contributed by atoms with Crippen molar-refractivity contribution in [1.82, 2.24) is 9.97 Å². The third-order valence-corrected chi connectivity index (χ3v) is 4.96. The number of aliphatic carboxylic acids is 1. The van der Waals surface area contributed by atoms with Crippen molar-refractivity contribution in [3.63, 3.8) is 0 Å². The van der Waals surface area contributed by atoms with E-state index in [2.05, 4.69) is 9.97 Å². The van der Waals surface area contributed by atoms with E-state index in [-0.39, 0.29) is 5.75 Å². The summed E-state index contributed by atoms with van der Waals surface area (Å²) in [6.07, 6.45) is 0.545. The molecule has 29 heavy (non-hydrogen) atoms. The third kappa shape index (κ3) is 4.54. The molecular formula is C23H24N2O4. The lowest BCUT2D eigenvalue weighted by Gasteiger charge is -2.16. The molecule has 1 aromatic carbocycles. The molecule has 0 fully saturated rings. The van der Waals surface area contributed by atoms with E-state index < -0.39 is 12.6 Å². The van der Waals surface area contributed by atoms with Gasteiger partial charge in [-0.3, -0.25) is 0 Å². The quantitative estimate of drug-likeness (QED) is 0.655. The van der Waals surface area contributed by atoms with Crippen molar-refractivity contribution < 1.29 is 19.7 Å². The highest BCUT2D eigenvalue weighted by Gasteiger charge is 2.16. The number of rotatable bonds is 6. The van der Waals surface area contributed by atoms with Crippen molar-refractivity contribution in [2.45, 2.75) is 34.1 Å². The number of aromatic nitrogens is 2. The van der Waals surface area contributed by atoms with Gasteiger partial charge in [0.2, 0.25) is 5.88 Å². The molecule has 0 unspecified atom stereocenters. The van der Waals surface area contributed by atoms with Crippen LogP contribution < -0.4 is 4.74 Å². The Hall–Kier alpha value is -3.41. The van der Waals surface area contributed by atoms with Crippen molar-refractivity contribution in [2.75, 3.05) is 6.61 Å². The molecule has 0 amide bonds. The predicted molar refractivity (Wildman–Crippen MR) is 110 cm³/mol. The summed E-state index contributed by atoms with van der Waals surface area (Å²) in [5, 5.41) is 19.1. The summed E-state index contributed by atoms with van der Waals surface area (Å²) in [4.78, 5) is 19.9. The fourth-order valence-electron chi connectivity index (χ4n) is 3.27. The number of benzene rings is 1. The number of ether oxygens (including phenoxy) is 1. The van der Waals surface area contributed by atoms with Crippen LogP contribution in [-0.2, 0) is 11.2 Å². The van der Waals surface area contributed by atoms with Crippen LogP contribution in [0.5, 0.6) is 11.6 Å². The van der Waals surface area contributed by atoms with Crippen LogP contribution in [0, 0.1) is 27.7 Å². The highest BCUT2D eigenvalue weighted by Crippen LogP contribution is 2.30. The summed E-state index contributed by atoms with van der Waals surface area (Å²) in [6, 6.07) is 11.3. The molecule has 2 heterocycles. The Morgan fingerprint density at radius 2 is 1.79 bits per heavy atom. The SMILES string of the molecule is Cc1cccc(-c2nc(Cc3c(C)nc(OCC(=O)O)c(C)c3C)ccc2O)c1. The Balaban J connectivity index is 1.95. The van der Waals surface area contributed by atoms with Crippen molar-refractivity contribution in [3.05, 3.63) is 70.0 Å². The molecular weight excluding hydrogens is 368 g/mol. The van der Waals surface area contributed by atoms with Gasteiger partial charge in [0.05, 0.1) is 0 Å². The lowest BCUT2D eigenvalue weighted by molar-refractivity contribution is -0.139. The van der Waals surface area contributed by atoms with Crippen LogP contribution in [0.1, 0.15) is 33.6 Å². The van der Waals surface area contributed by atoms with Gasteiger partial charge in [-0.1, -0.05) is 23.8 Å². The van der Waals surface area contributed by atoms with Gasteiger partial charge >= 0.3 is 5.97 Å². The smallest absolute Gasteiger partial charge is 0.341 e. The van der Waals surface area contributed by atoms with Crippen LogP contribution in [0.15, 0.2) is 36.4 Å². The molecule has 2 N–H and O–H groups in total. The average Bonchev–Trinajstić information content (AvgIpc) is 2.68. The van der Waals surface area contributed by atoms with Gasteiger partial charge in [-0.25, -0.2) is 14.8 Å².